The Kier molecular flexibility index (Phi) is 8.07. The molecule has 0 radical (unpaired) electrons. The van der Waals surface area contributed by atoms with Crippen molar-refractivity contribution < 1.29 is 32.2 Å². The lowest BCUT2D eigenvalue weighted by atomic mass is 10.1. The van der Waals surface area contributed by atoms with E-state index in [0.29, 0.717) is 31.5 Å². The number of fused-ring (bicyclic) bond motifs is 1. The predicted molar refractivity (Wildman–Crippen MR) is 122 cm³/mol. The maximum atomic E-state index is 12.5. The number of carbonyl (C=O) groups excluding carboxylic acids is 1. The van der Waals surface area contributed by atoms with Gasteiger partial charge in [0.25, 0.3) is 0 Å². The van der Waals surface area contributed by atoms with Gasteiger partial charge in [0.2, 0.25) is 0 Å². The Morgan fingerprint density at radius 2 is 2.03 bits per heavy atom. The van der Waals surface area contributed by atoms with Crippen LogP contribution < -0.4 is 4.90 Å². The first-order chi connectivity index (χ1) is 15.5. The van der Waals surface area contributed by atoms with Crippen molar-refractivity contribution in [3.05, 3.63) is 23.9 Å². The standard InChI is InChI=1S/C22H32F3N3O4Si/c1-5-31-21(29)20-18-12-16(27-9-8-17(13-27)32-14-22(23,24)25)6-7-19(18)28(26-20)15-30-10-11-33(2,3)4/h6-7,12,17H,5,8-11,13-15H2,1-4H3/t17-/m0/s1. The van der Waals surface area contributed by atoms with E-state index < -0.39 is 32.9 Å². The highest BCUT2D eigenvalue weighted by Crippen LogP contribution is 2.29. The van der Waals surface area contributed by atoms with Crippen LogP contribution in [0.1, 0.15) is 23.8 Å². The lowest BCUT2D eigenvalue weighted by Gasteiger charge is -2.19. The van der Waals surface area contributed by atoms with Crippen LogP contribution in [0.2, 0.25) is 25.7 Å². The van der Waals surface area contributed by atoms with Crippen molar-refractivity contribution in [2.45, 2.75) is 58.0 Å². The number of rotatable bonds is 10. The molecule has 33 heavy (non-hydrogen) atoms. The van der Waals surface area contributed by atoms with Crippen LogP contribution in [0.3, 0.4) is 0 Å². The van der Waals surface area contributed by atoms with Gasteiger partial charge in [-0.25, -0.2) is 9.48 Å². The van der Waals surface area contributed by atoms with Crippen LogP contribution in [-0.4, -0.2) is 69.0 Å². The SMILES string of the molecule is CCOC(=O)c1nn(COCC[Si](C)(C)C)c2ccc(N3CC[C@H](OCC(F)(F)F)C3)cc12. The second kappa shape index (κ2) is 10.4. The molecule has 1 aromatic carbocycles. The lowest BCUT2D eigenvalue weighted by Crippen LogP contribution is -2.26. The molecule has 1 fully saturated rings. The van der Waals surface area contributed by atoms with Crippen molar-refractivity contribution in [1.29, 1.82) is 0 Å². The number of halogens is 3. The fourth-order valence-electron chi connectivity index (χ4n) is 3.65. The molecule has 3 rings (SSSR count). The highest BCUT2D eigenvalue weighted by atomic mass is 28.3. The number of anilines is 1. The number of benzene rings is 1. The van der Waals surface area contributed by atoms with Crippen LogP contribution in [0.4, 0.5) is 18.9 Å². The molecule has 0 spiro atoms. The fraction of sp³-hybridized carbons (Fsp3) is 0.636. The highest BCUT2D eigenvalue weighted by Gasteiger charge is 2.32. The van der Waals surface area contributed by atoms with Gasteiger partial charge in [-0.2, -0.15) is 18.3 Å². The number of ether oxygens (including phenoxy) is 3. The molecule has 7 nitrogen and oxygen atoms in total. The van der Waals surface area contributed by atoms with Crippen molar-refractivity contribution in [2.24, 2.45) is 0 Å². The zero-order valence-corrected chi connectivity index (χ0v) is 20.6. The van der Waals surface area contributed by atoms with E-state index in [1.165, 1.54) is 0 Å². The summed E-state index contributed by atoms with van der Waals surface area (Å²) in [6, 6.07) is 6.59. The first-order valence-corrected chi connectivity index (χ1v) is 14.9. The normalized spacial score (nSPS) is 17.2. The smallest absolute Gasteiger partial charge is 0.411 e. The number of hydrogen-bond donors (Lipinski definition) is 0. The minimum absolute atomic E-state index is 0.201. The maximum Gasteiger partial charge on any atom is 0.411 e. The summed E-state index contributed by atoms with van der Waals surface area (Å²) in [6.07, 6.45) is -4.33. The van der Waals surface area contributed by atoms with Crippen LogP contribution in [-0.2, 0) is 20.9 Å². The van der Waals surface area contributed by atoms with Gasteiger partial charge >= 0.3 is 12.1 Å². The van der Waals surface area contributed by atoms with E-state index in [1.54, 1.807) is 11.6 Å². The Bertz CT molecular complexity index is 959. The second-order valence-corrected chi connectivity index (χ2v) is 15.0. The maximum absolute atomic E-state index is 12.5. The largest absolute Gasteiger partial charge is 0.461 e. The van der Waals surface area contributed by atoms with Crippen LogP contribution >= 0.6 is 0 Å². The summed E-state index contributed by atoms with van der Waals surface area (Å²) in [5, 5.41) is 5.07. The molecule has 0 N–H and O–H groups in total. The highest BCUT2D eigenvalue weighted by molar-refractivity contribution is 6.76. The summed E-state index contributed by atoms with van der Waals surface area (Å²) < 4.78 is 55.0. The molecule has 184 valence electrons. The molecule has 1 atom stereocenters. The molecule has 11 heteroatoms. The van der Waals surface area contributed by atoms with Gasteiger partial charge in [-0.05, 0) is 37.6 Å². The van der Waals surface area contributed by atoms with Crippen molar-refractivity contribution >= 4 is 30.6 Å². The number of carbonyl (C=O) groups is 1. The van der Waals surface area contributed by atoms with E-state index in [1.807, 2.05) is 23.1 Å². The van der Waals surface area contributed by atoms with Crippen molar-refractivity contribution in [3.63, 3.8) is 0 Å². The molecule has 2 heterocycles. The molecule has 1 aliphatic heterocycles. The third-order valence-corrected chi connectivity index (χ3v) is 7.11. The molecule has 2 aromatic rings. The summed E-state index contributed by atoms with van der Waals surface area (Å²) >= 11 is 0. The summed E-state index contributed by atoms with van der Waals surface area (Å²) in [6.45, 7) is 9.29. The van der Waals surface area contributed by atoms with Gasteiger partial charge in [-0.1, -0.05) is 19.6 Å². The van der Waals surface area contributed by atoms with Gasteiger partial charge < -0.3 is 19.1 Å². The van der Waals surface area contributed by atoms with Crippen LogP contribution in [0.15, 0.2) is 18.2 Å². The molecular formula is C22H32F3N3O4Si. The molecule has 1 aromatic heterocycles. The van der Waals surface area contributed by atoms with Gasteiger partial charge in [0.05, 0.1) is 18.2 Å². The Morgan fingerprint density at radius 3 is 2.70 bits per heavy atom. The summed E-state index contributed by atoms with van der Waals surface area (Å²) in [4.78, 5) is 14.5. The number of nitrogens with zero attached hydrogens (tertiary/aromatic N) is 3. The molecule has 0 amide bonds. The van der Waals surface area contributed by atoms with Gasteiger partial charge in [-0.15, -0.1) is 0 Å². The number of hydrogen-bond acceptors (Lipinski definition) is 6. The minimum atomic E-state index is -4.34. The zero-order chi connectivity index (χ0) is 24.2. The van der Waals surface area contributed by atoms with E-state index in [4.69, 9.17) is 14.2 Å². The van der Waals surface area contributed by atoms with E-state index in [-0.39, 0.29) is 19.0 Å². The Labute approximate surface area is 192 Å². The second-order valence-electron chi connectivity index (χ2n) is 9.40. The zero-order valence-electron chi connectivity index (χ0n) is 19.6. The number of alkyl halides is 3. The van der Waals surface area contributed by atoms with Gasteiger partial charge in [-0.3, -0.25) is 0 Å². The third-order valence-electron chi connectivity index (χ3n) is 5.41. The number of esters is 1. The van der Waals surface area contributed by atoms with Gasteiger partial charge in [0.1, 0.15) is 13.3 Å². The quantitative estimate of drug-likeness (QED) is 0.275. The minimum Gasteiger partial charge on any atom is -0.461 e. The average Bonchev–Trinajstić information content (AvgIpc) is 3.33. The summed E-state index contributed by atoms with van der Waals surface area (Å²) in [5.41, 5.74) is 1.73. The molecular weight excluding hydrogens is 455 g/mol. The van der Waals surface area contributed by atoms with E-state index in [2.05, 4.69) is 24.7 Å². The molecule has 0 unspecified atom stereocenters. The fourth-order valence-corrected chi connectivity index (χ4v) is 4.41. The van der Waals surface area contributed by atoms with E-state index in [9.17, 15) is 18.0 Å². The van der Waals surface area contributed by atoms with Crippen molar-refractivity contribution in [2.75, 3.05) is 37.8 Å². The van der Waals surface area contributed by atoms with Crippen LogP contribution in [0.5, 0.6) is 0 Å². The Hall–Kier alpha value is -2.11. The van der Waals surface area contributed by atoms with Crippen LogP contribution in [0, 0.1) is 0 Å². The molecule has 0 saturated carbocycles. The Morgan fingerprint density at radius 1 is 1.27 bits per heavy atom. The topological polar surface area (TPSA) is 65.8 Å². The third kappa shape index (κ3) is 7.18. The monoisotopic (exact) mass is 487 g/mol. The van der Waals surface area contributed by atoms with Gasteiger partial charge in [0, 0.05) is 38.8 Å². The Balaban J connectivity index is 1.77. The van der Waals surface area contributed by atoms with Gasteiger partial charge in [0.15, 0.2) is 5.69 Å². The van der Waals surface area contributed by atoms with Crippen LogP contribution in [0.25, 0.3) is 10.9 Å². The van der Waals surface area contributed by atoms with E-state index >= 15 is 0 Å². The summed E-state index contributed by atoms with van der Waals surface area (Å²) in [5.74, 6) is -0.520. The average molecular weight is 488 g/mol. The molecule has 0 bridgehead atoms. The van der Waals surface area contributed by atoms with Crippen molar-refractivity contribution in [3.8, 4) is 0 Å². The van der Waals surface area contributed by atoms with Crippen molar-refractivity contribution in [1.82, 2.24) is 9.78 Å². The first kappa shape index (κ1) is 25.5. The first-order valence-electron chi connectivity index (χ1n) is 11.2. The molecule has 1 aliphatic rings. The number of aromatic nitrogens is 2. The molecule has 1 saturated heterocycles. The van der Waals surface area contributed by atoms with E-state index in [0.717, 1.165) is 17.2 Å². The summed E-state index contributed by atoms with van der Waals surface area (Å²) in [7, 11) is -1.22. The predicted octanol–water partition coefficient (Wildman–Crippen LogP) is 4.68. The lowest BCUT2D eigenvalue weighted by molar-refractivity contribution is -0.183. The molecule has 0 aliphatic carbocycles.